The standard InChI is InChI=1S/C35H41N6O5S/c1-5-10-28(35(43)46-38)20-33(42)45-25(3)15-18-44-17-9-16-41(23-27-11-7-6-8-12-27)29-13-14-31(24(2)19-29)39-40-34-30(21-36)26(4)32(22-37)47-34/h5-8,11-14,19,25,28H,1,9-10,15-18,20,23H2,2-4,38H3/q+1. The van der Waals surface area contributed by atoms with Gasteiger partial charge in [0.15, 0.2) is 5.00 Å². The zero-order valence-electron chi connectivity index (χ0n) is 27.1. The maximum absolute atomic E-state index is 12.3. The third-order valence-corrected chi connectivity index (χ3v) is 8.49. The van der Waals surface area contributed by atoms with Gasteiger partial charge in [-0.25, -0.2) is 4.79 Å². The molecule has 2 aromatic carbocycles. The van der Waals surface area contributed by atoms with Crippen LogP contribution in [0.1, 0.15) is 59.7 Å². The van der Waals surface area contributed by atoms with Gasteiger partial charge in [0.05, 0.1) is 30.2 Å². The maximum atomic E-state index is 12.3. The first-order valence-corrected chi connectivity index (χ1v) is 16.1. The predicted molar refractivity (Wildman–Crippen MR) is 179 cm³/mol. The van der Waals surface area contributed by atoms with Crippen LogP contribution in [0.4, 0.5) is 16.4 Å². The van der Waals surface area contributed by atoms with Crippen molar-refractivity contribution in [3.8, 4) is 12.1 Å². The summed E-state index contributed by atoms with van der Waals surface area (Å²) in [6, 6.07) is 20.4. The van der Waals surface area contributed by atoms with Crippen molar-refractivity contribution < 1.29 is 29.8 Å². The number of nitriles is 2. The Labute approximate surface area is 279 Å². The fraction of sp³-hybridized carbons (Fsp3) is 0.371. The Bertz CT molecular complexity index is 1630. The number of hydrogen-bond donors (Lipinski definition) is 1. The molecule has 12 heteroatoms. The van der Waals surface area contributed by atoms with E-state index < -0.39 is 17.9 Å². The molecular weight excluding hydrogens is 616 g/mol. The van der Waals surface area contributed by atoms with Crippen molar-refractivity contribution in [1.29, 1.82) is 10.5 Å². The topological polar surface area (TPSA) is 165 Å². The van der Waals surface area contributed by atoms with Crippen LogP contribution in [0.25, 0.3) is 0 Å². The summed E-state index contributed by atoms with van der Waals surface area (Å²) in [5.74, 6) is 1.43. The van der Waals surface area contributed by atoms with Crippen molar-refractivity contribution >= 4 is 39.7 Å². The molecule has 246 valence electrons. The van der Waals surface area contributed by atoms with Gasteiger partial charge in [0.2, 0.25) is 0 Å². The monoisotopic (exact) mass is 657 g/mol. The smallest absolute Gasteiger partial charge is 0.370 e. The number of anilines is 1. The van der Waals surface area contributed by atoms with Crippen LogP contribution < -0.4 is 10.8 Å². The summed E-state index contributed by atoms with van der Waals surface area (Å²) in [6.07, 6.45) is 2.71. The van der Waals surface area contributed by atoms with Crippen LogP contribution in [0.15, 0.2) is 71.4 Å². The van der Waals surface area contributed by atoms with Gasteiger partial charge >= 0.3 is 11.9 Å². The lowest BCUT2D eigenvalue weighted by Gasteiger charge is -2.26. The van der Waals surface area contributed by atoms with E-state index in [-0.39, 0.29) is 12.5 Å². The number of hydrogen-bond acceptors (Lipinski definition) is 11. The number of rotatable bonds is 18. The average molecular weight is 658 g/mol. The first kappa shape index (κ1) is 36.6. The number of azo groups is 1. The minimum absolute atomic E-state index is 0.0915. The van der Waals surface area contributed by atoms with Gasteiger partial charge in [0.25, 0.3) is 0 Å². The lowest BCUT2D eigenvalue weighted by molar-refractivity contribution is -0.658. The normalized spacial score (nSPS) is 12.1. The van der Waals surface area contributed by atoms with Crippen LogP contribution in [0.3, 0.4) is 0 Å². The highest BCUT2D eigenvalue weighted by atomic mass is 32.1. The van der Waals surface area contributed by atoms with E-state index >= 15 is 0 Å². The third kappa shape index (κ3) is 11.2. The fourth-order valence-corrected chi connectivity index (χ4v) is 5.66. The molecule has 1 heterocycles. The Kier molecular flexibility index (Phi) is 14.7. The van der Waals surface area contributed by atoms with E-state index in [2.05, 4.69) is 62.8 Å². The highest BCUT2D eigenvalue weighted by Crippen LogP contribution is 2.36. The molecular formula is C35H41N6O5S+. The first-order valence-electron chi connectivity index (χ1n) is 15.3. The van der Waals surface area contributed by atoms with Gasteiger partial charge in [-0.1, -0.05) is 36.4 Å². The minimum Gasteiger partial charge on any atom is -0.463 e. The lowest BCUT2D eigenvalue weighted by atomic mass is 10.0. The van der Waals surface area contributed by atoms with Crippen LogP contribution in [-0.4, -0.2) is 37.8 Å². The molecule has 3 N–H and O–H groups in total. The number of aryl methyl sites for hydroxylation is 1. The number of allylic oxidation sites excluding steroid dienone is 1. The molecule has 0 saturated heterocycles. The molecule has 0 radical (unpaired) electrons. The van der Waals surface area contributed by atoms with Crippen LogP contribution in [0.5, 0.6) is 0 Å². The molecule has 11 nitrogen and oxygen atoms in total. The summed E-state index contributed by atoms with van der Waals surface area (Å²) in [5.41, 5.74) is 4.81. The van der Waals surface area contributed by atoms with Gasteiger partial charge in [-0.15, -0.1) is 28.1 Å². The molecule has 0 aliphatic heterocycles. The molecule has 0 bridgehead atoms. The highest BCUT2D eigenvalue weighted by Gasteiger charge is 2.25. The number of carbonyl (C=O) groups is 2. The van der Waals surface area contributed by atoms with Gasteiger partial charge in [-0.2, -0.15) is 16.4 Å². The number of thiophene rings is 1. The van der Waals surface area contributed by atoms with E-state index in [0.29, 0.717) is 59.3 Å². The Hall–Kier alpha value is -4.88. The lowest BCUT2D eigenvalue weighted by Crippen LogP contribution is -2.52. The summed E-state index contributed by atoms with van der Waals surface area (Å²) in [5, 5.41) is 28.0. The second-order valence-electron chi connectivity index (χ2n) is 11.0. The van der Waals surface area contributed by atoms with Crippen LogP contribution in [0, 0.1) is 42.4 Å². The molecule has 0 saturated carbocycles. The molecule has 1 aromatic heterocycles. The summed E-state index contributed by atoms with van der Waals surface area (Å²) in [7, 11) is 0. The molecule has 0 spiro atoms. The molecule has 0 fully saturated rings. The van der Waals surface area contributed by atoms with Crippen molar-refractivity contribution in [1.82, 2.24) is 0 Å². The minimum atomic E-state index is -0.656. The Morgan fingerprint density at radius 3 is 2.53 bits per heavy atom. The van der Waals surface area contributed by atoms with Crippen molar-refractivity contribution in [3.05, 3.63) is 88.3 Å². The van der Waals surface area contributed by atoms with E-state index in [1.54, 1.807) is 19.9 Å². The van der Waals surface area contributed by atoms with Crippen molar-refractivity contribution in [2.24, 2.45) is 16.1 Å². The van der Waals surface area contributed by atoms with Crippen molar-refractivity contribution in [2.45, 2.75) is 59.1 Å². The van der Waals surface area contributed by atoms with E-state index in [4.69, 9.17) is 9.47 Å². The molecule has 47 heavy (non-hydrogen) atoms. The molecule has 3 aromatic rings. The zero-order chi connectivity index (χ0) is 34.2. The number of benzene rings is 2. The summed E-state index contributed by atoms with van der Waals surface area (Å²) < 4.78 is 11.3. The average Bonchev–Trinajstić information content (AvgIpc) is 3.38. The second-order valence-corrected chi connectivity index (χ2v) is 12.0. The molecule has 2 unspecified atom stereocenters. The largest absolute Gasteiger partial charge is 0.463 e. The Morgan fingerprint density at radius 1 is 1.11 bits per heavy atom. The second kappa shape index (κ2) is 18.9. The number of ether oxygens (including phenoxy) is 2. The first-order chi connectivity index (χ1) is 22.7. The maximum Gasteiger partial charge on any atom is 0.370 e. The summed E-state index contributed by atoms with van der Waals surface area (Å²) >= 11 is 1.16. The van der Waals surface area contributed by atoms with Gasteiger partial charge in [-0.05, 0) is 68.5 Å². The van der Waals surface area contributed by atoms with Crippen LogP contribution in [-0.2, 0) is 30.4 Å². The zero-order valence-corrected chi connectivity index (χ0v) is 27.9. The van der Waals surface area contributed by atoms with Gasteiger partial charge in [0, 0.05) is 31.8 Å². The van der Waals surface area contributed by atoms with Crippen LogP contribution >= 0.6 is 11.3 Å². The third-order valence-electron chi connectivity index (χ3n) is 7.41. The van der Waals surface area contributed by atoms with Gasteiger partial charge in [-0.3, -0.25) is 9.63 Å². The summed E-state index contributed by atoms with van der Waals surface area (Å²) in [6.45, 7) is 11.5. The Balaban J connectivity index is 1.56. The molecule has 3 rings (SSSR count). The van der Waals surface area contributed by atoms with Gasteiger partial charge < -0.3 is 14.4 Å². The number of esters is 1. The van der Waals surface area contributed by atoms with Crippen molar-refractivity contribution in [2.75, 3.05) is 24.7 Å². The van der Waals surface area contributed by atoms with E-state index in [9.17, 15) is 20.1 Å². The van der Waals surface area contributed by atoms with Crippen LogP contribution in [0.2, 0.25) is 0 Å². The fourth-order valence-electron chi connectivity index (χ4n) is 4.78. The summed E-state index contributed by atoms with van der Waals surface area (Å²) in [4.78, 5) is 31.3. The van der Waals surface area contributed by atoms with Crippen molar-refractivity contribution in [3.63, 3.8) is 0 Å². The number of carbonyl (C=O) groups excluding carboxylic acids is 2. The van der Waals surface area contributed by atoms with Gasteiger partial charge in [0.1, 0.15) is 23.1 Å². The SMILES string of the molecule is C=CCC(CC(=O)OC(C)CCOCCCN(Cc1ccccc1)c1ccc(N=Nc2sc(C#N)c(C)c2C#N)c(C)c1)C(=O)O[NH3+]. The molecule has 2 atom stereocenters. The molecule has 0 aliphatic rings. The highest BCUT2D eigenvalue weighted by molar-refractivity contribution is 7.16. The number of nitrogens with zero attached hydrogens (tertiary/aromatic N) is 5. The molecule has 0 aliphatic carbocycles. The van der Waals surface area contributed by atoms with E-state index in [1.165, 1.54) is 5.56 Å². The molecule has 0 amide bonds. The Morgan fingerprint density at radius 2 is 1.87 bits per heavy atom. The van der Waals surface area contributed by atoms with E-state index in [1.807, 2.05) is 37.3 Å². The predicted octanol–water partition coefficient (Wildman–Crippen LogP) is 6.54. The van der Waals surface area contributed by atoms with E-state index in [0.717, 1.165) is 35.6 Å². The number of quaternary nitrogens is 1. The quantitative estimate of drug-likeness (QED) is 0.0529.